The number of anilines is 2. The summed E-state index contributed by atoms with van der Waals surface area (Å²) in [6.07, 6.45) is -4.60. The molecule has 0 saturated carbocycles. The number of ether oxygens (including phenoxy) is 1. The Labute approximate surface area is 310 Å². The number of hydrogen-bond donors (Lipinski definition) is 3. The van der Waals surface area contributed by atoms with Gasteiger partial charge < -0.3 is 40.5 Å². The van der Waals surface area contributed by atoms with E-state index in [0.29, 0.717) is 25.8 Å². The largest absolute Gasteiger partial charge is 0.480 e. The fourth-order valence-corrected chi connectivity index (χ4v) is 8.14. The Morgan fingerprint density at radius 2 is 1.66 bits per heavy atom. The van der Waals surface area contributed by atoms with Crippen LogP contribution in [0.2, 0.25) is 5.02 Å². The van der Waals surface area contributed by atoms with Gasteiger partial charge in [0.15, 0.2) is 6.10 Å². The number of aliphatic carboxylic acids is 1. The van der Waals surface area contributed by atoms with Crippen LogP contribution in [-0.4, -0.2) is 137 Å². The summed E-state index contributed by atoms with van der Waals surface area (Å²) in [6, 6.07) is 8.21. The number of fused-ring (bicyclic) bond motifs is 1. The van der Waals surface area contributed by atoms with Gasteiger partial charge in [-0.2, -0.15) is 13.2 Å². The van der Waals surface area contributed by atoms with Crippen molar-refractivity contribution in [3.63, 3.8) is 0 Å². The number of alkyl halides is 3. The average molecular weight is 764 g/mol. The molecule has 3 fully saturated rings. The highest BCUT2D eigenvalue weighted by atomic mass is 35.5. The molecule has 0 aromatic heterocycles. The quantitative estimate of drug-likeness (QED) is 0.352. The molecule has 2 aromatic rings. The lowest BCUT2D eigenvalue weighted by molar-refractivity contribution is -0.154. The molecule has 0 radical (unpaired) electrons. The molecular weight excluding hydrogens is 719 g/mol. The predicted molar refractivity (Wildman–Crippen MR) is 191 cm³/mol. The second kappa shape index (κ2) is 16.0. The number of urea groups is 1. The number of hydrogen-bond acceptors (Lipinski definition) is 8. The number of nitrogens with one attached hydrogen (secondary N) is 1. The predicted octanol–water partition coefficient (Wildman–Crippen LogP) is 4.23. The molecule has 2 atom stereocenters. The zero-order valence-electron chi connectivity index (χ0n) is 29.5. The number of likely N-dealkylation sites (tertiary alicyclic amines) is 2. The van der Waals surface area contributed by atoms with E-state index in [9.17, 15) is 37.5 Å². The lowest BCUT2D eigenvalue weighted by atomic mass is 9.98. The van der Waals surface area contributed by atoms with Gasteiger partial charge in [0.25, 0.3) is 5.91 Å². The molecule has 0 aliphatic carbocycles. The van der Waals surface area contributed by atoms with Gasteiger partial charge in [-0.25, -0.2) is 9.59 Å². The first-order valence-electron chi connectivity index (χ1n) is 17.9. The molecule has 53 heavy (non-hydrogen) atoms. The lowest BCUT2D eigenvalue weighted by Gasteiger charge is -2.46. The van der Waals surface area contributed by atoms with Crippen molar-refractivity contribution in [3.05, 3.63) is 58.1 Å². The first-order valence-corrected chi connectivity index (χ1v) is 18.3. The van der Waals surface area contributed by atoms with Gasteiger partial charge in [0.05, 0.1) is 16.3 Å². The van der Waals surface area contributed by atoms with Gasteiger partial charge >= 0.3 is 24.3 Å². The van der Waals surface area contributed by atoms with E-state index in [1.807, 2.05) is 36.2 Å². The number of nitrogen functional groups attached to an aromatic ring is 1. The number of nitrogens with zero attached hydrogens (tertiary/aromatic N) is 5. The van der Waals surface area contributed by atoms with Crippen molar-refractivity contribution < 1.29 is 42.2 Å². The number of carbonyl (C=O) groups is 4. The molecule has 4 aliphatic heterocycles. The van der Waals surface area contributed by atoms with Crippen LogP contribution in [0.25, 0.3) is 0 Å². The number of piperidine rings is 2. The number of rotatable bonds is 7. The number of para-hydroxylation sites is 1. The molecule has 2 aromatic carbocycles. The molecule has 0 spiro atoms. The second-order valence-electron chi connectivity index (χ2n) is 14.3. The van der Waals surface area contributed by atoms with Crippen LogP contribution in [0.4, 0.5) is 34.1 Å². The smallest absolute Gasteiger partial charge is 0.418 e. The van der Waals surface area contributed by atoms with Crippen molar-refractivity contribution in [3.8, 4) is 0 Å². The minimum absolute atomic E-state index is 0.0227. The summed E-state index contributed by atoms with van der Waals surface area (Å²) in [7, 11) is 2.00. The number of piperazine rings is 1. The summed E-state index contributed by atoms with van der Waals surface area (Å²) >= 11 is 6.10. The maximum atomic E-state index is 14.2. The van der Waals surface area contributed by atoms with Crippen LogP contribution < -0.4 is 11.1 Å². The van der Waals surface area contributed by atoms with Crippen molar-refractivity contribution in [2.24, 2.45) is 0 Å². The molecule has 6 rings (SSSR count). The topological polar surface area (TPSA) is 152 Å². The molecule has 4 heterocycles. The van der Waals surface area contributed by atoms with Crippen LogP contribution in [0, 0.1) is 0 Å². The van der Waals surface area contributed by atoms with Gasteiger partial charge in [-0.15, -0.1) is 0 Å². The SMILES string of the molecule is CN1CCC(N2CCN(C(=O)[C@@H](Cc3cc(Cl)c(N)c(C(F)(F)F)c3)OC(=O)N3CCC(N4CCc5ccccc5NC4=O)CC3)CC2C(=O)O)CC1. The highest BCUT2D eigenvalue weighted by Gasteiger charge is 2.42. The van der Waals surface area contributed by atoms with Crippen LogP contribution in [0.15, 0.2) is 36.4 Å². The Morgan fingerprint density at radius 1 is 0.981 bits per heavy atom. The average Bonchev–Trinajstić information content (AvgIpc) is 3.30. The van der Waals surface area contributed by atoms with Gasteiger partial charge in [0.2, 0.25) is 0 Å². The molecular formula is C36H45ClF3N7O6. The van der Waals surface area contributed by atoms with E-state index in [0.717, 1.165) is 43.2 Å². The molecule has 17 heteroatoms. The van der Waals surface area contributed by atoms with Gasteiger partial charge in [0, 0.05) is 63.5 Å². The Hall–Kier alpha value is -4.28. The van der Waals surface area contributed by atoms with E-state index in [2.05, 4.69) is 10.2 Å². The van der Waals surface area contributed by atoms with Crippen molar-refractivity contribution in [1.82, 2.24) is 24.5 Å². The zero-order chi connectivity index (χ0) is 38.0. The highest BCUT2D eigenvalue weighted by molar-refractivity contribution is 6.33. The number of carbonyl (C=O) groups excluding carboxylic acids is 3. The van der Waals surface area contributed by atoms with Crippen molar-refractivity contribution >= 4 is 47.0 Å². The fraction of sp³-hybridized carbons (Fsp3) is 0.556. The normalized spacial score (nSPS) is 21.8. The summed E-state index contributed by atoms with van der Waals surface area (Å²) in [4.78, 5) is 61.9. The van der Waals surface area contributed by atoms with Gasteiger partial charge in [-0.1, -0.05) is 29.8 Å². The van der Waals surface area contributed by atoms with E-state index in [4.69, 9.17) is 22.1 Å². The van der Waals surface area contributed by atoms with E-state index < -0.39 is 54.0 Å². The summed E-state index contributed by atoms with van der Waals surface area (Å²) in [5.74, 6) is -1.82. The van der Waals surface area contributed by atoms with E-state index in [1.54, 1.807) is 4.90 Å². The number of carboxylic acid groups (broad SMARTS) is 1. The van der Waals surface area contributed by atoms with Gasteiger partial charge in [0.1, 0.15) is 6.04 Å². The Morgan fingerprint density at radius 3 is 2.34 bits per heavy atom. The van der Waals surface area contributed by atoms with Crippen LogP contribution in [-0.2, 0) is 33.3 Å². The number of nitrogens with two attached hydrogens (primary N) is 1. The summed E-state index contributed by atoms with van der Waals surface area (Å²) in [5, 5.41) is 12.8. The van der Waals surface area contributed by atoms with Crippen LogP contribution in [0.1, 0.15) is 42.4 Å². The maximum Gasteiger partial charge on any atom is 0.418 e. The number of benzene rings is 2. The summed E-state index contributed by atoms with van der Waals surface area (Å²) in [5.41, 5.74) is 5.56. The molecule has 4 amide bonds. The number of halogens is 4. The Balaban J connectivity index is 1.16. The molecule has 1 unspecified atom stereocenters. The first-order chi connectivity index (χ1) is 25.2. The Kier molecular flexibility index (Phi) is 11.6. The third kappa shape index (κ3) is 8.76. The molecule has 0 bridgehead atoms. The van der Waals surface area contributed by atoms with Gasteiger partial charge in [-0.05, 0) is 81.6 Å². The van der Waals surface area contributed by atoms with Crippen LogP contribution in [0.3, 0.4) is 0 Å². The zero-order valence-corrected chi connectivity index (χ0v) is 30.2. The van der Waals surface area contributed by atoms with E-state index in [1.165, 1.54) is 15.9 Å². The third-order valence-electron chi connectivity index (χ3n) is 10.9. The molecule has 4 aliphatic rings. The molecule has 13 nitrogen and oxygen atoms in total. The molecule has 4 N–H and O–H groups in total. The Bertz CT molecular complexity index is 1700. The van der Waals surface area contributed by atoms with E-state index in [-0.39, 0.29) is 61.4 Å². The lowest BCUT2D eigenvalue weighted by Crippen LogP contribution is -2.63. The highest BCUT2D eigenvalue weighted by Crippen LogP contribution is 2.38. The molecule has 288 valence electrons. The third-order valence-corrected chi connectivity index (χ3v) is 11.2. The second-order valence-corrected chi connectivity index (χ2v) is 14.7. The maximum absolute atomic E-state index is 14.2. The van der Waals surface area contributed by atoms with E-state index >= 15 is 0 Å². The van der Waals surface area contributed by atoms with Crippen molar-refractivity contribution in [2.45, 2.75) is 68.9 Å². The van der Waals surface area contributed by atoms with Crippen LogP contribution >= 0.6 is 11.6 Å². The minimum Gasteiger partial charge on any atom is -0.480 e. The summed E-state index contributed by atoms with van der Waals surface area (Å²) in [6.45, 7) is 2.79. The first kappa shape index (κ1) is 38.4. The summed E-state index contributed by atoms with van der Waals surface area (Å²) < 4.78 is 47.4. The van der Waals surface area contributed by atoms with Gasteiger partial charge in [-0.3, -0.25) is 14.5 Å². The monoisotopic (exact) mass is 763 g/mol. The van der Waals surface area contributed by atoms with Crippen LogP contribution in [0.5, 0.6) is 0 Å². The fourth-order valence-electron chi connectivity index (χ4n) is 7.90. The minimum atomic E-state index is -4.84. The van der Waals surface area contributed by atoms with Crippen molar-refractivity contribution in [2.75, 3.05) is 70.5 Å². The molecule has 3 saturated heterocycles. The van der Waals surface area contributed by atoms with Crippen molar-refractivity contribution in [1.29, 1.82) is 0 Å². The number of carboxylic acids is 1. The standard InChI is InChI=1S/C36H45ClF3N7O6/c1-43-11-7-24(8-12-43)46-17-16-45(21-29(46)33(49)50)32(48)30(20-22-18-26(36(38,39)40)31(41)27(37)19-22)53-35(52)44-13-9-25(10-14-44)47-15-6-23-4-2-3-5-28(23)42-34(47)51/h2-5,18-19,24-25,29-30H,6-17,20-21,41H2,1H3,(H,42,51)(H,49,50)/t29?,30-/m1/s1. The number of amides is 4.